The Hall–Kier alpha value is -1.89. The molecule has 1 heterocycles. The third kappa shape index (κ3) is 6.70. The average Bonchev–Trinajstić information content (AvgIpc) is 3.04. The highest BCUT2D eigenvalue weighted by atomic mass is 16.5. The van der Waals surface area contributed by atoms with Crippen LogP contribution in [0, 0.1) is 35.0 Å². The number of nitrogens with one attached hydrogen (secondary N) is 1. The third-order valence-corrected chi connectivity index (χ3v) is 7.78. The van der Waals surface area contributed by atoms with Gasteiger partial charge in [0, 0.05) is 11.5 Å². The number of aliphatic hydroxyl groups excluding tert-OH is 1. The maximum absolute atomic E-state index is 14.1. The lowest BCUT2D eigenvalue weighted by atomic mass is 9.68. The maximum atomic E-state index is 14.1. The molecule has 206 valence electrons. The van der Waals surface area contributed by atoms with E-state index >= 15 is 0 Å². The second-order valence-corrected chi connectivity index (χ2v) is 12.7. The number of esters is 1. The van der Waals surface area contributed by atoms with Crippen LogP contribution in [0.15, 0.2) is 12.2 Å². The van der Waals surface area contributed by atoms with Crippen LogP contribution >= 0.6 is 0 Å². The zero-order chi connectivity index (χ0) is 27.4. The summed E-state index contributed by atoms with van der Waals surface area (Å²) in [5.41, 5.74) is -0.487. The summed E-state index contributed by atoms with van der Waals surface area (Å²) in [5.74, 6) is -2.71. The van der Waals surface area contributed by atoms with E-state index in [0.29, 0.717) is 0 Å². The molecule has 7 atom stereocenters. The molecule has 2 aliphatic rings. The minimum atomic E-state index is -0.788. The van der Waals surface area contributed by atoms with E-state index in [9.17, 15) is 19.5 Å². The van der Waals surface area contributed by atoms with Gasteiger partial charge in [-0.2, -0.15) is 0 Å². The molecule has 0 radical (unpaired) electrons. The van der Waals surface area contributed by atoms with E-state index in [1.807, 2.05) is 39.8 Å². The molecule has 1 aliphatic carbocycles. The largest absolute Gasteiger partial charge is 0.466 e. The van der Waals surface area contributed by atoms with Gasteiger partial charge in [-0.3, -0.25) is 14.4 Å². The van der Waals surface area contributed by atoms with Gasteiger partial charge in [0.05, 0.1) is 31.1 Å². The number of fused-ring (bicyclic) bond motifs is 1. The summed E-state index contributed by atoms with van der Waals surface area (Å²) in [6.07, 6.45) is 7.14. The van der Waals surface area contributed by atoms with Crippen LogP contribution in [0.3, 0.4) is 0 Å². The van der Waals surface area contributed by atoms with Crippen molar-refractivity contribution in [2.24, 2.45) is 35.0 Å². The SMILES string of the molecule is CCC[C@@H]1C=C[C@H]2[C@H](C(=O)N([C@@H](CO)[C@@H](C)CC)[C@@H]2C(=O)NC(C)(C)CC(C)(C)C)[C@@H]1C(=O)OCC. The highest BCUT2D eigenvalue weighted by molar-refractivity contribution is 5.96. The molecule has 0 bridgehead atoms. The molecule has 7 heteroatoms. The fourth-order valence-corrected chi connectivity index (χ4v) is 6.56. The quantitative estimate of drug-likeness (QED) is 0.321. The smallest absolute Gasteiger partial charge is 0.310 e. The van der Waals surface area contributed by atoms with Crippen molar-refractivity contribution in [2.75, 3.05) is 13.2 Å². The average molecular weight is 507 g/mol. The number of carbonyl (C=O) groups is 3. The van der Waals surface area contributed by atoms with Gasteiger partial charge in [0.2, 0.25) is 11.8 Å². The number of ether oxygens (including phenoxy) is 1. The second kappa shape index (κ2) is 12.1. The summed E-state index contributed by atoms with van der Waals surface area (Å²) in [7, 11) is 0. The Morgan fingerprint density at radius 1 is 1.14 bits per heavy atom. The summed E-state index contributed by atoms with van der Waals surface area (Å²) in [6, 6.07) is -1.29. The van der Waals surface area contributed by atoms with Crippen molar-refractivity contribution in [1.82, 2.24) is 10.2 Å². The monoisotopic (exact) mass is 506 g/mol. The van der Waals surface area contributed by atoms with Crippen LogP contribution in [0.1, 0.15) is 88.0 Å². The Labute approximate surface area is 218 Å². The van der Waals surface area contributed by atoms with Gasteiger partial charge in [-0.25, -0.2) is 0 Å². The van der Waals surface area contributed by atoms with Gasteiger partial charge in [-0.05, 0) is 50.9 Å². The number of nitrogens with zero attached hydrogens (tertiary/aromatic N) is 1. The van der Waals surface area contributed by atoms with Gasteiger partial charge in [-0.15, -0.1) is 0 Å². The Morgan fingerprint density at radius 3 is 2.28 bits per heavy atom. The molecule has 2 amide bonds. The number of aliphatic hydroxyl groups is 1. The van der Waals surface area contributed by atoms with Crippen molar-refractivity contribution < 1.29 is 24.2 Å². The van der Waals surface area contributed by atoms with E-state index in [2.05, 4.69) is 33.0 Å². The molecule has 0 aromatic rings. The molecule has 1 saturated heterocycles. The molecule has 1 fully saturated rings. The van der Waals surface area contributed by atoms with Crippen LogP contribution in [0.2, 0.25) is 0 Å². The van der Waals surface area contributed by atoms with Crippen molar-refractivity contribution in [3.8, 4) is 0 Å². The van der Waals surface area contributed by atoms with Crippen molar-refractivity contribution >= 4 is 17.8 Å². The first-order valence-electron chi connectivity index (χ1n) is 13.8. The molecule has 1 aliphatic heterocycles. The zero-order valence-electron chi connectivity index (χ0n) is 24.0. The summed E-state index contributed by atoms with van der Waals surface area (Å²) in [5, 5.41) is 13.6. The van der Waals surface area contributed by atoms with Crippen LogP contribution in [0.5, 0.6) is 0 Å². The molecule has 2 N–H and O–H groups in total. The van der Waals surface area contributed by atoms with Gasteiger partial charge >= 0.3 is 5.97 Å². The first-order valence-corrected chi connectivity index (χ1v) is 13.8. The van der Waals surface area contributed by atoms with Crippen molar-refractivity contribution in [3.63, 3.8) is 0 Å². The minimum absolute atomic E-state index is 0.00196. The van der Waals surface area contributed by atoms with Crippen molar-refractivity contribution in [3.05, 3.63) is 12.2 Å². The molecular formula is C29H50N2O5. The highest BCUT2D eigenvalue weighted by Crippen LogP contribution is 2.47. The summed E-state index contributed by atoms with van der Waals surface area (Å²) in [4.78, 5) is 42.9. The van der Waals surface area contributed by atoms with E-state index in [1.54, 1.807) is 11.8 Å². The van der Waals surface area contributed by atoms with Gasteiger partial charge in [-0.1, -0.05) is 66.5 Å². The van der Waals surface area contributed by atoms with E-state index in [1.165, 1.54) is 0 Å². The zero-order valence-corrected chi connectivity index (χ0v) is 24.0. The molecular weight excluding hydrogens is 456 g/mol. The van der Waals surface area contributed by atoms with Gasteiger partial charge in [0.15, 0.2) is 0 Å². The lowest BCUT2D eigenvalue weighted by Crippen LogP contribution is -2.58. The Balaban J connectivity index is 2.58. The Kier molecular flexibility index (Phi) is 10.2. The van der Waals surface area contributed by atoms with Crippen molar-refractivity contribution in [2.45, 2.75) is 106 Å². The van der Waals surface area contributed by atoms with E-state index in [4.69, 9.17) is 4.74 Å². The number of amides is 2. The molecule has 0 aromatic carbocycles. The van der Waals surface area contributed by atoms with Gasteiger partial charge in [0.25, 0.3) is 0 Å². The van der Waals surface area contributed by atoms with Crippen LogP contribution in [-0.2, 0) is 19.1 Å². The lowest BCUT2D eigenvalue weighted by molar-refractivity contribution is -0.156. The predicted molar refractivity (Wildman–Crippen MR) is 142 cm³/mol. The summed E-state index contributed by atoms with van der Waals surface area (Å²) >= 11 is 0. The molecule has 2 rings (SSSR count). The van der Waals surface area contributed by atoms with Crippen LogP contribution in [0.25, 0.3) is 0 Å². The normalized spacial score (nSPS) is 28.0. The molecule has 0 unspecified atom stereocenters. The molecule has 7 nitrogen and oxygen atoms in total. The van der Waals surface area contributed by atoms with Crippen molar-refractivity contribution in [1.29, 1.82) is 0 Å². The summed E-state index contributed by atoms with van der Waals surface area (Å²) in [6.45, 7) is 18.2. The molecule has 0 aromatic heterocycles. The van der Waals surface area contributed by atoms with E-state index in [0.717, 1.165) is 25.7 Å². The molecule has 36 heavy (non-hydrogen) atoms. The van der Waals surface area contributed by atoms with Crippen LogP contribution < -0.4 is 5.32 Å². The molecule has 0 spiro atoms. The van der Waals surface area contributed by atoms with E-state index in [-0.39, 0.29) is 48.2 Å². The standard InChI is InChI=1S/C29H50N2O5/c1-10-13-19-14-15-20-23(22(19)27(35)36-12-3)26(34)31(21(16-32)18(4)11-2)24(20)25(33)30-29(8,9)17-28(5,6)7/h14-15,18-24,32H,10-13,16-17H2,1-9H3,(H,30,33)/t18-,19+,20-,21-,22+,23-,24-/m0/s1. The number of hydrogen-bond acceptors (Lipinski definition) is 5. The predicted octanol–water partition coefficient (Wildman–Crippen LogP) is 4.33. The van der Waals surface area contributed by atoms with Gasteiger partial charge < -0.3 is 20.1 Å². The topological polar surface area (TPSA) is 95.9 Å². The first-order chi connectivity index (χ1) is 16.7. The Bertz CT molecular complexity index is 815. The van der Waals surface area contributed by atoms with E-state index < -0.39 is 35.4 Å². The Morgan fingerprint density at radius 2 is 1.78 bits per heavy atom. The number of hydrogen-bond donors (Lipinski definition) is 2. The number of allylic oxidation sites excluding steroid dienone is 1. The third-order valence-electron chi connectivity index (χ3n) is 7.78. The van der Waals surface area contributed by atoms with Gasteiger partial charge in [0.1, 0.15) is 6.04 Å². The second-order valence-electron chi connectivity index (χ2n) is 12.7. The summed E-state index contributed by atoms with van der Waals surface area (Å²) < 4.78 is 5.44. The number of likely N-dealkylation sites (tertiary alicyclic amines) is 1. The number of carbonyl (C=O) groups excluding carboxylic acids is 3. The number of rotatable bonds is 11. The fraction of sp³-hybridized carbons (Fsp3) is 0.828. The highest BCUT2D eigenvalue weighted by Gasteiger charge is 2.59. The molecule has 0 saturated carbocycles. The van der Waals surface area contributed by atoms with Crippen LogP contribution in [0.4, 0.5) is 0 Å². The van der Waals surface area contributed by atoms with Crippen LogP contribution in [-0.4, -0.2) is 58.6 Å². The maximum Gasteiger partial charge on any atom is 0.310 e. The lowest BCUT2D eigenvalue weighted by Gasteiger charge is -2.39. The first kappa shape index (κ1) is 30.3. The fourth-order valence-electron chi connectivity index (χ4n) is 6.56. The minimum Gasteiger partial charge on any atom is -0.466 e.